The summed E-state index contributed by atoms with van der Waals surface area (Å²) in [7, 11) is -3.69. The Morgan fingerprint density at radius 2 is 2.00 bits per heavy atom. The number of hydrogen-bond acceptors (Lipinski definition) is 4. The molecule has 0 saturated carbocycles. The van der Waals surface area contributed by atoms with Crippen molar-refractivity contribution in [2.45, 2.75) is 4.21 Å². The standard InChI is InChI=1S/C13H8BrClN2O2S2/c14-9-7-11(20-13(9)15)21(18,19)17-10-5-1-3-8-4-2-6-16-12(8)10/h1-7,17H. The van der Waals surface area contributed by atoms with Crippen molar-refractivity contribution in [3.8, 4) is 0 Å². The minimum Gasteiger partial charge on any atom is -0.277 e. The maximum absolute atomic E-state index is 12.4. The number of fused-ring (bicyclic) bond motifs is 1. The molecule has 0 saturated heterocycles. The summed E-state index contributed by atoms with van der Waals surface area (Å²) in [5.74, 6) is 0. The Bertz CT molecular complexity index is 900. The number of benzene rings is 1. The summed E-state index contributed by atoms with van der Waals surface area (Å²) in [6.45, 7) is 0. The third kappa shape index (κ3) is 2.91. The van der Waals surface area contributed by atoms with E-state index in [1.54, 1.807) is 24.4 Å². The van der Waals surface area contributed by atoms with Gasteiger partial charge in [0.1, 0.15) is 8.55 Å². The van der Waals surface area contributed by atoms with Crippen molar-refractivity contribution in [1.82, 2.24) is 4.98 Å². The van der Waals surface area contributed by atoms with Gasteiger partial charge < -0.3 is 0 Å². The zero-order valence-corrected chi connectivity index (χ0v) is 14.4. The van der Waals surface area contributed by atoms with E-state index in [2.05, 4.69) is 25.6 Å². The second-order valence-corrected chi connectivity index (χ2v) is 8.59. The number of aromatic nitrogens is 1. The first-order valence-corrected chi connectivity index (χ1v) is 9.26. The van der Waals surface area contributed by atoms with Gasteiger partial charge in [-0.3, -0.25) is 9.71 Å². The van der Waals surface area contributed by atoms with Gasteiger partial charge >= 0.3 is 0 Å². The molecule has 108 valence electrons. The largest absolute Gasteiger partial charge is 0.277 e. The summed E-state index contributed by atoms with van der Waals surface area (Å²) in [6, 6.07) is 10.5. The zero-order valence-electron chi connectivity index (χ0n) is 10.4. The van der Waals surface area contributed by atoms with E-state index in [4.69, 9.17) is 11.6 Å². The molecule has 0 bridgehead atoms. The van der Waals surface area contributed by atoms with Gasteiger partial charge in [-0.2, -0.15) is 0 Å². The number of para-hydroxylation sites is 1. The van der Waals surface area contributed by atoms with Crippen molar-refractivity contribution in [2.75, 3.05) is 4.72 Å². The maximum atomic E-state index is 12.4. The second-order valence-electron chi connectivity index (χ2n) is 4.17. The van der Waals surface area contributed by atoms with E-state index in [9.17, 15) is 8.42 Å². The lowest BCUT2D eigenvalue weighted by Crippen LogP contribution is -2.11. The average molecular weight is 404 g/mol. The molecule has 8 heteroatoms. The fourth-order valence-electron chi connectivity index (χ4n) is 1.84. The summed E-state index contributed by atoms with van der Waals surface area (Å²) in [4.78, 5) is 4.22. The number of sulfonamides is 1. The molecule has 2 heterocycles. The topological polar surface area (TPSA) is 59.1 Å². The summed E-state index contributed by atoms with van der Waals surface area (Å²) in [5.41, 5.74) is 1.04. The Morgan fingerprint density at radius 1 is 1.24 bits per heavy atom. The van der Waals surface area contributed by atoms with Crippen LogP contribution in [0.25, 0.3) is 10.9 Å². The Hall–Kier alpha value is -1.15. The van der Waals surface area contributed by atoms with Gasteiger partial charge in [-0.1, -0.05) is 29.8 Å². The van der Waals surface area contributed by atoms with Crippen LogP contribution < -0.4 is 4.72 Å². The molecule has 1 N–H and O–H groups in total. The van der Waals surface area contributed by atoms with Crippen LogP contribution in [0.2, 0.25) is 4.34 Å². The summed E-state index contributed by atoms with van der Waals surface area (Å²) in [6.07, 6.45) is 1.62. The minimum absolute atomic E-state index is 0.146. The number of rotatable bonds is 3. The lowest BCUT2D eigenvalue weighted by atomic mass is 10.2. The SMILES string of the molecule is O=S(=O)(Nc1cccc2cccnc12)c1cc(Br)c(Cl)s1. The van der Waals surface area contributed by atoms with Crippen LogP contribution in [-0.2, 0) is 10.0 Å². The Morgan fingerprint density at radius 3 is 2.71 bits per heavy atom. The van der Waals surface area contributed by atoms with E-state index in [-0.39, 0.29) is 4.21 Å². The molecule has 3 aromatic rings. The number of hydrogen-bond donors (Lipinski definition) is 1. The zero-order chi connectivity index (χ0) is 15.0. The first-order valence-electron chi connectivity index (χ1n) is 5.79. The Kier molecular flexibility index (Phi) is 3.92. The van der Waals surface area contributed by atoms with E-state index in [0.29, 0.717) is 20.0 Å². The van der Waals surface area contributed by atoms with Crippen LogP contribution >= 0.6 is 38.9 Å². The van der Waals surface area contributed by atoms with Gasteiger partial charge in [-0.25, -0.2) is 8.42 Å². The molecule has 21 heavy (non-hydrogen) atoms. The third-order valence-corrected chi connectivity index (χ3v) is 7.08. The predicted octanol–water partition coefficient (Wildman–Crippen LogP) is 4.51. The van der Waals surface area contributed by atoms with E-state index in [0.717, 1.165) is 16.7 Å². The van der Waals surface area contributed by atoms with E-state index >= 15 is 0 Å². The maximum Gasteiger partial charge on any atom is 0.271 e. The predicted molar refractivity (Wildman–Crippen MR) is 89.6 cm³/mol. The highest BCUT2D eigenvalue weighted by molar-refractivity contribution is 9.10. The molecule has 2 aromatic heterocycles. The summed E-state index contributed by atoms with van der Waals surface area (Å²) in [5, 5.41) is 0.864. The molecule has 0 spiro atoms. The molecule has 3 rings (SSSR count). The van der Waals surface area contributed by atoms with Crippen molar-refractivity contribution in [3.63, 3.8) is 0 Å². The monoisotopic (exact) mass is 402 g/mol. The molecule has 0 aliphatic carbocycles. The molecule has 0 amide bonds. The third-order valence-electron chi connectivity index (χ3n) is 2.76. The van der Waals surface area contributed by atoms with Crippen LogP contribution in [0.4, 0.5) is 5.69 Å². The summed E-state index contributed by atoms with van der Waals surface area (Å²) >= 11 is 10.1. The highest BCUT2D eigenvalue weighted by Gasteiger charge is 2.20. The van der Waals surface area contributed by atoms with Gasteiger partial charge in [0.2, 0.25) is 0 Å². The highest BCUT2D eigenvalue weighted by atomic mass is 79.9. The fraction of sp³-hybridized carbons (Fsp3) is 0. The van der Waals surface area contributed by atoms with Gasteiger partial charge in [-0.05, 0) is 34.1 Å². The van der Waals surface area contributed by atoms with Crippen molar-refractivity contribution >= 4 is 65.5 Å². The van der Waals surface area contributed by atoms with E-state index < -0.39 is 10.0 Å². The number of halogens is 2. The van der Waals surface area contributed by atoms with Crippen LogP contribution in [0.15, 0.2) is 51.3 Å². The van der Waals surface area contributed by atoms with Crippen molar-refractivity contribution in [3.05, 3.63) is 51.4 Å². The lowest BCUT2D eigenvalue weighted by molar-refractivity contribution is 0.603. The lowest BCUT2D eigenvalue weighted by Gasteiger charge is -2.08. The first-order chi connectivity index (χ1) is 9.97. The van der Waals surface area contributed by atoms with Crippen LogP contribution in [0.1, 0.15) is 0 Å². The Labute approximate surface area is 139 Å². The van der Waals surface area contributed by atoms with Crippen molar-refractivity contribution < 1.29 is 8.42 Å². The fourth-order valence-corrected chi connectivity index (χ4v) is 5.21. The molecule has 4 nitrogen and oxygen atoms in total. The molecular weight excluding hydrogens is 396 g/mol. The number of nitrogens with zero attached hydrogens (tertiary/aromatic N) is 1. The second kappa shape index (κ2) is 5.57. The molecule has 0 fully saturated rings. The normalized spacial score (nSPS) is 11.7. The number of anilines is 1. The first kappa shape index (κ1) is 14.8. The average Bonchev–Trinajstić information content (AvgIpc) is 2.80. The molecule has 0 radical (unpaired) electrons. The smallest absolute Gasteiger partial charge is 0.271 e. The minimum atomic E-state index is -3.69. The van der Waals surface area contributed by atoms with Gasteiger partial charge in [0.05, 0.1) is 11.2 Å². The molecule has 0 atom stereocenters. The van der Waals surface area contributed by atoms with Gasteiger partial charge in [0, 0.05) is 16.1 Å². The molecular formula is C13H8BrClN2O2S2. The molecule has 1 aromatic carbocycles. The molecule has 0 aliphatic heterocycles. The Balaban J connectivity index is 2.05. The number of pyridine rings is 1. The van der Waals surface area contributed by atoms with Gasteiger partial charge in [0.15, 0.2) is 0 Å². The van der Waals surface area contributed by atoms with Crippen LogP contribution in [0.5, 0.6) is 0 Å². The van der Waals surface area contributed by atoms with Crippen LogP contribution in [0, 0.1) is 0 Å². The van der Waals surface area contributed by atoms with Gasteiger partial charge in [-0.15, -0.1) is 11.3 Å². The van der Waals surface area contributed by atoms with Crippen molar-refractivity contribution in [1.29, 1.82) is 0 Å². The van der Waals surface area contributed by atoms with Crippen molar-refractivity contribution in [2.24, 2.45) is 0 Å². The molecule has 0 aliphatic rings. The summed E-state index contributed by atoms with van der Waals surface area (Å²) < 4.78 is 28.5. The number of nitrogens with one attached hydrogen (secondary N) is 1. The van der Waals surface area contributed by atoms with Crippen LogP contribution in [0.3, 0.4) is 0 Å². The highest BCUT2D eigenvalue weighted by Crippen LogP contribution is 2.35. The van der Waals surface area contributed by atoms with Crippen LogP contribution in [-0.4, -0.2) is 13.4 Å². The number of thiophene rings is 1. The van der Waals surface area contributed by atoms with Gasteiger partial charge in [0.25, 0.3) is 10.0 Å². The van der Waals surface area contributed by atoms with E-state index in [1.165, 1.54) is 6.07 Å². The molecule has 0 unspecified atom stereocenters. The quantitative estimate of drug-likeness (QED) is 0.700. The van der Waals surface area contributed by atoms with E-state index in [1.807, 2.05) is 12.1 Å².